The molecule has 1 aromatic rings. The lowest BCUT2D eigenvalue weighted by atomic mass is 10.2. The van der Waals surface area contributed by atoms with Gasteiger partial charge in [0.25, 0.3) is 0 Å². The topological polar surface area (TPSA) is 55.0 Å². The van der Waals surface area contributed by atoms with Crippen LogP contribution in [0.2, 0.25) is 0 Å². The summed E-state index contributed by atoms with van der Waals surface area (Å²) in [5.41, 5.74) is 6.86. The second-order valence-electron chi connectivity index (χ2n) is 4.66. The van der Waals surface area contributed by atoms with E-state index in [0.717, 1.165) is 30.2 Å². The number of nitrogens with two attached hydrogens (primary N) is 1. The molecule has 1 aliphatic heterocycles. The van der Waals surface area contributed by atoms with Crippen LogP contribution in [0, 0.1) is 0 Å². The van der Waals surface area contributed by atoms with E-state index < -0.39 is 0 Å². The van der Waals surface area contributed by atoms with Crippen molar-refractivity contribution in [3.05, 3.63) is 23.8 Å². The maximum Gasteiger partial charge on any atom is 0.146 e. The molecule has 1 saturated heterocycles. The van der Waals surface area contributed by atoms with Gasteiger partial charge in [-0.25, -0.2) is 9.97 Å². The Morgan fingerprint density at radius 3 is 3.18 bits per heavy atom. The van der Waals surface area contributed by atoms with E-state index in [1.54, 1.807) is 0 Å². The summed E-state index contributed by atoms with van der Waals surface area (Å²) < 4.78 is 0. The van der Waals surface area contributed by atoms with E-state index in [1.807, 2.05) is 30.9 Å². The van der Waals surface area contributed by atoms with Crippen LogP contribution in [0.4, 0.5) is 0 Å². The quantitative estimate of drug-likeness (QED) is 0.872. The normalized spacial score (nSPS) is 23.6. The Kier molecular flexibility index (Phi) is 4.36. The largest absolute Gasteiger partial charge is 0.328 e. The fourth-order valence-electron chi connectivity index (χ4n) is 1.98. The Hall–Kier alpha value is -0.650. The van der Waals surface area contributed by atoms with Gasteiger partial charge in [0.05, 0.1) is 6.04 Å². The van der Waals surface area contributed by atoms with Crippen LogP contribution in [0.25, 0.3) is 0 Å². The molecule has 0 saturated carbocycles. The van der Waals surface area contributed by atoms with Gasteiger partial charge in [-0.15, -0.1) is 0 Å². The number of hydrogen-bond donors (Lipinski definition) is 1. The number of rotatable bonds is 3. The first-order valence-electron chi connectivity index (χ1n) is 6.02. The molecule has 17 heavy (non-hydrogen) atoms. The summed E-state index contributed by atoms with van der Waals surface area (Å²) >= 11 is 1.97. The molecule has 4 nitrogen and oxygen atoms in total. The van der Waals surface area contributed by atoms with E-state index in [2.05, 4.69) is 21.9 Å². The molecule has 2 N–H and O–H groups in total. The maximum atomic E-state index is 5.81. The smallest absolute Gasteiger partial charge is 0.146 e. The minimum absolute atomic E-state index is 0.149. The Balaban J connectivity index is 2.14. The molecule has 0 aliphatic carbocycles. The Morgan fingerprint density at radius 1 is 1.65 bits per heavy atom. The third-order valence-corrected chi connectivity index (χ3v) is 3.98. The summed E-state index contributed by atoms with van der Waals surface area (Å²) in [6.45, 7) is 3.11. The van der Waals surface area contributed by atoms with Crippen LogP contribution in [-0.4, -0.2) is 46.0 Å². The van der Waals surface area contributed by atoms with Crippen molar-refractivity contribution >= 4 is 11.8 Å². The van der Waals surface area contributed by atoms with Crippen LogP contribution in [0.1, 0.15) is 24.5 Å². The Bertz CT molecular complexity index is 369. The first-order valence-corrected chi connectivity index (χ1v) is 7.17. The first-order chi connectivity index (χ1) is 8.16. The van der Waals surface area contributed by atoms with Gasteiger partial charge in [-0.3, -0.25) is 4.90 Å². The van der Waals surface area contributed by atoms with E-state index in [9.17, 15) is 0 Å². The zero-order chi connectivity index (χ0) is 12.3. The zero-order valence-corrected chi connectivity index (χ0v) is 11.3. The molecule has 0 amide bonds. The molecule has 2 rings (SSSR count). The molecular weight excluding hydrogens is 232 g/mol. The van der Waals surface area contributed by atoms with E-state index >= 15 is 0 Å². The molecule has 0 bridgehead atoms. The summed E-state index contributed by atoms with van der Waals surface area (Å²) in [4.78, 5) is 11.4. The number of aromatic nitrogens is 2. The third kappa shape index (κ3) is 3.40. The van der Waals surface area contributed by atoms with Crippen molar-refractivity contribution in [3.63, 3.8) is 0 Å². The van der Waals surface area contributed by atoms with Crippen molar-refractivity contribution in [2.75, 3.05) is 25.1 Å². The van der Waals surface area contributed by atoms with Gasteiger partial charge in [-0.05, 0) is 20.0 Å². The molecule has 0 spiro atoms. The van der Waals surface area contributed by atoms with Gasteiger partial charge >= 0.3 is 0 Å². The van der Waals surface area contributed by atoms with E-state index in [4.69, 9.17) is 5.73 Å². The van der Waals surface area contributed by atoms with Gasteiger partial charge in [0.1, 0.15) is 5.82 Å². The predicted molar refractivity (Wildman–Crippen MR) is 72.1 cm³/mol. The zero-order valence-electron chi connectivity index (χ0n) is 10.5. The monoisotopic (exact) mass is 252 g/mol. The van der Waals surface area contributed by atoms with Crippen molar-refractivity contribution in [1.82, 2.24) is 14.9 Å². The third-order valence-electron chi connectivity index (χ3n) is 2.96. The van der Waals surface area contributed by atoms with Crippen molar-refractivity contribution in [1.29, 1.82) is 0 Å². The summed E-state index contributed by atoms with van der Waals surface area (Å²) in [6, 6.07) is 2.46. The van der Waals surface area contributed by atoms with Crippen LogP contribution in [0.15, 0.2) is 12.3 Å². The fraction of sp³-hybridized carbons (Fsp3) is 0.667. The average molecular weight is 252 g/mol. The van der Waals surface area contributed by atoms with E-state index in [0.29, 0.717) is 6.04 Å². The van der Waals surface area contributed by atoms with Crippen LogP contribution < -0.4 is 5.73 Å². The Labute approximate surface area is 107 Å². The van der Waals surface area contributed by atoms with E-state index in [-0.39, 0.29) is 6.04 Å². The van der Waals surface area contributed by atoms with Gasteiger partial charge in [-0.2, -0.15) is 11.8 Å². The maximum absolute atomic E-state index is 5.81. The minimum atomic E-state index is 0.149. The molecular formula is C12H20N4S. The summed E-state index contributed by atoms with van der Waals surface area (Å²) in [5, 5.41) is 0. The molecule has 5 heteroatoms. The highest BCUT2D eigenvalue weighted by Gasteiger charge is 2.23. The van der Waals surface area contributed by atoms with Crippen LogP contribution in [0.3, 0.4) is 0 Å². The molecule has 0 aromatic carbocycles. The molecule has 0 radical (unpaired) electrons. The number of nitrogens with zero attached hydrogens (tertiary/aromatic N) is 3. The van der Waals surface area contributed by atoms with Gasteiger partial charge in [0, 0.05) is 42.4 Å². The van der Waals surface area contributed by atoms with Crippen molar-refractivity contribution in [2.24, 2.45) is 5.73 Å². The lowest BCUT2D eigenvalue weighted by Gasteiger charge is -2.30. The van der Waals surface area contributed by atoms with Gasteiger partial charge in [-0.1, -0.05) is 0 Å². The van der Waals surface area contributed by atoms with Crippen molar-refractivity contribution < 1.29 is 0 Å². The van der Waals surface area contributed by atoms with Crippen LogP contribution in [0.5, 0.6) is 0 Å². The molecule has 1 fully saturated rings. The molecule has 2 heterocycles. The van der Waals surface area contributed by atoms with Crippen molar-refractivity contribution in [2.45, 2.75) is 25.4 Å². The second-order valence-corrected chi connectivity index (χ2v) is 5.81. The lowest BCUT2D eigenvalue weighted by molar-refractivity contribution is 0.264. The Morgan fingerprint density at radius 2 is 2.47 bits per heavy atom. The number of thioether (sulfide) groups is 1. The van der Waals surface area contributed by atoms with Crippen molar-refractivity contribution in [3.8, 4) is 0 Å². The molecule has 94 valence electrons. The predicted octanol–water partition coefficient (Wildman–Crippen LogP) is 1.09. The summed E-state index contributed by atoms with van der Waals surface area (Å²) in [5.74, 6) is 3.22. The summed E-state index contributed by atoms with van der Waals surface area (Å²) in [7, 11) is 2.14. The molecule has 1 aliphatic rings. The molecule has 2 unspecified atom stereocenters. The van der Waals surface area contributed by atoms with E-state index in [1.165, 1.54) is 5.75 Å². The number of hydrogen-bond acceptors (Lipinski definition) is 5. The van der Waals surface area contributed by atoms with Gasteiger partial charge in [0.2, 0.25) is 0 Å². The van der Waals surface area contributed by atoms with Gasteiger partial charge < -0.3 is 5.73 Å². The fourth-order valence-corrected chi connectivity index (χ4v) is 3.19. The average Bonchev–Trinajstić information content (AvgIpc) is 2.29. The first kappa shape index (κ1) is 12.8. The SMILES string of the molecule is CC(N)Cc1ccnc(C2CSCCN2C)n1. The summed E-state index contributed by atoms with van der Waals surface area (Å²) in [6.07, 6.45) is 2.67. The van der Waals surface area contributed by atoms with Crippen LogP contribution >= 0.6 is 11.8 Å². The standard InChI is InChI=1S/C12H20N4S/c1-9(13)7-10-3-4-14-12(15-10)11-8-17-6-5-16(11)2/h3-4,9,11H,5-8,13H2,1-2H3. The van der Waals surface area contributed by atoms with Crippen LogP contribution in [-0.2, 0) is 6.42 Å². The highest BCUT2D eigenvalue weighted by Crippen LogP contribution is 2.25. The lowest BCUT2D eigenvalue weighted by Crippen LogP contribution is -2.34. The highest BCUT2D eigenvalue weighted by molar-refractivity contribution is 7.99. The second kappa shape index (κ2) is 5.80. The molecule has 2 atom stereocenters. The van der Waals surface area contributed by atoms with Gasteiger partial charge in [0.15, 0.2) is 0 Å². The molecule has 1 aromatic heterocycles. The highest BCUT2D eigenvalue weighted by atomic mass is 32.2. The minimum Gasteiger partial charge on any atom is -0.328 e.